The molecule has 0 atom stereocenters. The second kappa shape index (κ2) is 11.8. The lowest BCUT2D eigenvalue weighted by Gasteiger charge is -2.35. The molecule has 1 saturated heterocycles. The Balaban J connectivity index is 1.39. The van der Waals surface area contributed by atoms with Crippen molar-refractivity contribution in [1.29, 1.82) is 0 Å². The van der Waals surface area contributed by atoms with Crippen LogP contribution in [0.1, 0.15) is 30.4 Å². The van der Waals surface area contributed by atoms with Crippen molar-refractivity contribution in [3.63, 3.8) is 0 Å². The molecule has 2 aromatic heterocycles. The predicted octanol–water partition coefficient (Wildman–Crippen LogP) is 4.58. The lowest BCUT2D eigenvalue weighted by atomic mass is 10.3. The first-order chi connectivity index (χ1) is 18.2. The highest BCUT2D eigenvalue weighted by Crippen LogP contribution is 2.24. The van der Waals surface area contributed by atoms with E-state index >= 15 is 0 Å². The van der Waals surface area contributed by atoms with Crippen LogP contribution >= 0.6 is 0 Å². The normalized spacial score (nSPS) is 13.8. The first kappa shape index (κ1) is 26.8. The van der Waals surface area contributed by atoms with Gasteiger partial charge in [-0.25, -0.2) is 14.8 Å². The molecule has 0 spiro atoms. The number of unbranched alkanes of at least 4 members (excludes halogenated alkanes) is 1. The van der Waals surface area contributed by atoms with Crippen LogP contribution in [-0.4, -0.2) is 63.9 Å². The summed E-state index contributed by atoms with van der Waals surface area (Å²) in [4.78, 5) is 38.4. The Labute approximate surface area is 217 Å². The third-order valence-electron chi connectivity index (χ3n) is 5.85. The van der Waals surface area contributed by atoms with Crippen molar-refractivity contribution in [3.05, 3.63) is 60.7 Å². The minimum atomic E-state index is -4.80. The van der Waals surface area contributed by atoms with Crippen LogP contribution in [0.15, 0.2) is 54.9 Å². The number of pyridine rings is 1. The average Bonchev–Trinajstić information content (AvgIpc) is 3.30. The standard InChI is InChI=1S/C25H28F3N7O3/c1-2-3-12-35-17-20(32-24(37)30-18-7-9-19(10-8-18)38-25(26,27)28)31-22(35)23(36)34-15-13-33(14-16-34)21-6-4-5-11-29-21/h4-11,17H,2-3,12-16H2,1H3,(H2,30,32,37). The highest BCUT2D eigenvalue weighted by molar-refractivity contribution is 6.00. The van der Waals surface area contributed by atoms with Crippen LogP contribution in [0.4, 0.5) is 35.3 Å². The Hall–Kier alpha value is -4.29. The molecule has 0 saturated carbocycles. The number of carbonyl (C=O) groups excluding carboxylic acids is 2. The average molecular weight is 532 g/mol. The molecule has 3 aromatic rings. The van der Waals surface area contributed by atoms with E-state index < -0.39 is 18.1 Å². The number of aromatic nitrogens is 3. The molecule has 0 aliphatic carbocycles. The van der Waals surface area contributed by atoms with E-state index in [1.54, 1.807) is 21.9 Å². The Bertz CT molecular complexity index is 1230. The van der Waals surface area contributed by atoms with Crippen molar-refractivity contribution in [1.82, 2.24) is 19.4 Å². The van der Waals surface area contributed by atoms with Gasteiger partial charge in [-0.1, -0.05) is 19.4 Å². The van der Waals surface area contributed by atoms with Crippen LogP contribution in [-0.2, 0) is 6.54 Å². The second-order valence-corrected chi connectivity index (χ2v) is 8.62. The fraction of sp³-hybridized carbons (Fsp3) is 0.360. The number of imidazole rings is 1. The number of ether oxygens (including phenoxy) is 1. The second-order valence-electron chi connectivity index (χ2n) is 8.62. The van der Waals surface area contributed by atoms with Crippen molar-refractivity contribution < 1.29 is 27.5 Å². The molecule has 10 nitrogen and oxygen atoms in total. The summed E-state index contributed by atoms with van der Waals surface area (Å²) in [5.41, 5.74) is 0.254. The number of benzene rings is 1. The molecule has 0 unspecified atom stereocenters. The van der Waals surface area contributed by atoms with Gasteiger partial charge in [0.15, 0.2) is 5.82 Å². The molecule has 3 amide bonds. The Morgan fingerprint density at radius 2 is 1.76 bits per heavy atom. The van der Waals surface area contributed by atoms with Crippen LogP contribution in [0, 0.1) is 0 Å². The summed E-state index contributed by atoms with van der Waals surface area (Å²) in [5.74, 6) is 0.654. The fourth-order valence-electron chi connectivity index (χ4n) is 3.99. The van der Waals surface area contributed by atoms with Gasteiger partial charge in [0.2, 0.25) is 5.82 Å². The van der Waals surface area contributed by atoms with Crippen LogP contribution in [0.5, 0.6) is 5.75 Å². The third-order valence-corrected chi connectivity index (χ3v) is 5.85. The summed E-state index contributed by atoms with van der Waals surface area (Å²) >= 11 is 0. The summed E-state index contributed by atoms with van der Waals surface area (Å²) in [5, 5.41) is 5.11. The van der Waals surface area contributed by atoms with Crippen molar-refractivity contribution in [2.45, 2.75) is 32.7 Å². The van der Waals surface area contributed by atoms with Crippen molar-refractivity contribution in [3.8, 4) is 5.75 Å². The van der Waals surface area contributed by atoms with Crippen molar-refractivity contribution >= 4 is 29.3 Å². The summed E-state index contributed by atoms with van der Waals surface area (Å²) in [7, 11) is 0. The van der Waals surface area contributed by atoms with Gasteiger partial charge in [0.1, 0.15) is 11.6 Å². The van der Waals surface area contributed by atoms with Gasteiger partial charge in [0, 0.05) is 50.8 Å². The maximum Gasteiger partial charge on any atom is 0.573 e. The van der Waals surface area contributed by atoms with Gasteiger partial charge >= 0.3 is 12.4 Å². The number of carbonyl (C=O) groups is 2. The summed E-state index contributed by atoms with van der Waals surface area (Å²) in [6, 6.07) is 9.79. The topological polar surface area (TPSA) is 105 Å². The van der Waals surface area contributed by atoms with E-state index in [0.29, 0.717) is 32.7 Å². The predicted molar refractivity (Wildman–Crippen MR) is 135 cm³/mol. The van der Waals surface area contributed by atoms with Gasteiger partial charge in [-0.05, 0) is 42.8 Å². The smallest absolute Gasteiger partial charge is 0.406 e. The van der Waals surface area contributed by atoms with Gasteiger partial charge < -0.3 is 24.4 Å². The minimum absolute atomic E-state index is 0.186. The number of nitrogens with zero attached hydrogens (tertiary/aromatic N) is 5. The van der Waals surface area contributed by atoms with Gasteiger partial charge in [-0.3, -0.25) is 10.1 Å². The molecule has 0 bridgehead atoms. The van der Waals surface area contributed by atoms with E-state index in [9.17, 15) is 22.8 Å². The van der Waals surface area contributed by atoms with Crippen LogP contribution in [0.2, 0.25) is 0 Å². The van der Waals surface area contributed by atoms with Crippen LogP contribution in [0.3, 0.4) is 0 Å². The lowest BCUT2D eigenvalue weighted by Crippen LogP contribution is -2.49. The van der Waals surface area contributed by atoms with E-state index in [1.807, 2.05) is 25.1 Å². The molecule has 1 aliphatic heterocycles. The molecule has 2 N–H and O–H groups in total. The van der Waals surface area contributed by atoms with Crippen LogP contribution in [0.25, 0.3) is 0 Å². The van der Waals surface area contributed by atoms with Gasteiger partial charge in [0.05, 0.1) is 0 Å². The third kappa shape index (κ3) is 7.14. The molecule has 1 aliphatic rings. The number of hydrogen-bond donors (Lipinski definition) is 2. The van der Waals surface area contributed by atoms with Gasteiger partial charge in [-0.15, -0.1) is 13.2 Å². The molecule has 3 heterocycles. The Morgan fingerprint density at radius 1 is 1.03 bits per heavy atom. The summed E-state index contributed by atoms with van der Waals surface area (Å²) in [6.07, 6.45) is 0.269. The molecule has 1 fully saturated rings. The maximum atomic E-state index is 13.3. The SMILES string of the molecule is CCCCn1cc(NC(=O)Nc2ccc(OC(F)(F)F)cc2)nc1C(=O)N1CCN(c2ccccn2)CC1. The van der Waals surface area contributed by atoms with E-state index in [4.69, 9.17) is 0 Å². The number of piperazine rings is 1. The number of anilines is 3. The monoisotopic (exact) mass is 531 g/mol. The van der Waals surface area contributed by atoms with E-state index in [2.05, 4.69) is 30.2 Å². The molecule has 0 radical (unpaired) electrons. The van der Waals surface area contributed by atoms with Gasteiger partial charge in [0.25, 0.3) is 5.91 Å². The minimum Gasteiger partial charge on any atom is -0.406 e. The summed E-state index contributed by atoms with van der Waals surface area (Å²) in [6.45, 7) is 4.88. The quantitative estimate of drug-likeness (QED) is 0.441. The molecule has 13 heteroatoms. The number of nitrogens with one attached hydrogen (secondary N) is 2. The largest absolute Gasteiger partial charge is 0.573 e. The first-order valence-corrected chi connectivity index (χ1v) is 12.2. The van der Waals surface area contributed by atoms with Gasteiger partial charge in [-0.2, -0.15) is 0 Å². The zero-order valence-corrected chi connectivity index (χ0v) is 20.7. The van der Waals surface area contributed by atoms with E-state index in [0.717, 1.165) is 30.8 Å². The molecule has 4 rings (SSSR count). The maximum absolute atomic E-state index is 13.3. The van der Waals surface area contributed by atoms with Crippen LogP contribution < -0.4 is 20.3 Å². The van der Waals surface area contributed by atoms with Crippen molar-refractivity contribution in [2.75, 3.05) is 41.7 Å². The first-order valence-electron chi connectivity index (χ1n) is 12.2. The number of hydrogen-bond acceptors (Lipinski definition) is 6. The Morgan fingerprint density at radius 3 is 2.39 bits per heavy atom. The Kier molecular flexibility index (Phi) is 8.34. The number of urea groups is 1. The molecular weight excluding hydrogens is 503 g/mol. The molecule has 38 heavy (non-hydrogen) atoms. The zero-order valence-electron chi connectivity index (χ0n) is 20.7. The molecular formula is C25H28F3N7O3. The number of rotatable bonds is 8. The molecule has 1 aromatic carbocycles. The van der Waals surface area contributed by atoms with E-state index in [1.165, 1.54) is 12.1 Å². The lowest BCUT2D eigenvalue weighted by molar-refractivity contribution is -0.274. The fourth-order valence-corrected chi connectivity index (χ4v) is 3.99. The van der Waals surface area contributed by atoms with E-state index in [-0.39, 0.29) is 23.2 Å². The highest BCUT2D eigenvalue weighted by Gasteiger charge is 2.31. The number of amides is 3. The summed E-state index contributed by atoms with van der Waals surface area (Å²) < 4.78 is 42.5. The molecule has 202 valence electrons. The number of halogens is 3. The number of alkyl halides is 3. The van der Waals surface area contributed by atoms with Crippen molar-refractivity contribution in [2.24, 2.45) is 0 Å². The number of aryl methyl sites for hydroxylation is 1. The highest BCUT2D eigenvalue weighted by atomic mass is 19.4. The zero-order chi connectivity index (χ0) is 27.1.